The van der Waals surface area contributed by atoms with Crippen LogP contribution in [0.15, 0.2) is 24.3 Å². The first-order chi connectivity index (χ1) is 7.73. The van der Waals surface area contributed by atoms with Crippen molar-refractivity contribution < 1.29 is 18.4 Å². The summed E-state index contributed by atoms with van der Waals surface area (Å²) in [6, 6.07) is 4.88. The standard InChI is InChI=1S/C9H10ClNO5S/c1-17(15,16)9(10)8(12)6-2-4-7(5-3-6)11(13)14/h2-5,8-9,12H,1H3. The molecule has 94 valence electrons. The van der Waals surface area contributed by atoms with E-state index in [1.54, 1.807) is 0 Å². The third-order valence-electron chi connectivity index (χ3n) is 2.10. The highest BCUT2D eigenvalue weighted by Crippen LogP contribution is 2.26. The van der Waals surface area contributed by atoms with E-state index in [1.807, 2.05) is 0 Å². The number of alkyl halides is 1. The molecule has 17 heavy (non-hydrogen) atoms. The van der Waals surface area contributed by atoms with Crippen molar-refractivity contribution in [1.82, 2.24) is 0 Å². The first-order valence-corrected chi connectivity index (χ1v) is 6.88. The molecule has 0 saturated carbocycles. The zero-order valence-corrected chi connectivity index (χ0v) is 10.4. The lowest BCUT2D eigenvalue weighted by molar-refractivity contribution is -0.384. The molecule has 8 heteroatoms. The average Bonchev–Trinajstić information content (AvgIpc) is 2.26. The minimum Gasteiger partial charge on any atom is -0.386 e. The van der Waals surface area contributed by atoms with E-state index in [0.717, 1.165) is 6.26 Å². The number of benzene rings is 1. The van der Waals surface area contributed by atoms with Crippen LogP contribution in [0.3, 0.4) is 0 Å². The summed E-state index contributed by atoms with van der Waals surface area (Å²) in [5.74, 6) is 0. The number of non-ortho nitro benzene ring substituents is 1. The number of hydrogen-bond donors (Lipinski definition) is 1. The van der Waals surface area contributed by atoms with Crippen LogP contribution in [0, 0.1) is 10.1 Å². The van der Waals surface area contributed by atoms with E-state index in [1.165, 1.54) is 24.3 Å². The fraction of sp³-hybridized carbons (Fsp3) is 0.333. The molecule has 1 aromatic carbocycles. The molecule has 0 spiro atoms. The molecule has 0 aliphatic rings. The molecular formula is C9H10ClNO5S. The molecule has 0 bridgehead atoms. The van der Waals surface area contributed by atoms with Crippen molar-refractivity contribution >= 4 is 27.1 Å². The Kier molecular flexibility index (Phi) is 4.07. The van der Waals surface area contributed by atoms with Gasteiger partial charge in [-0.25, -0.2) is 8.42 Å². The SMILES string of the molecule is CS(=O)(=O)C(Cl)C(O)c1ccc([N+](=O)[O-])cc1. The maximum Gasteiger partial charge on any atom is 0.269 e. The van der Waals surface area contributed by atoms with Gasteiger partial charge in [-0.2, -0.15) is 0 Å². The molecule has 0 heterocycles. The van der Waals surface area contributed by atoms with Crippen LogP contribution in [0.4, 0.5) is 5.69 Å². The van der Waals surface area contributed by atoms with E-state index in [-0.39, 0.29) is 11.3 Å². The average molecular weight is 280 g/mol. The van der Waals surface area contributed by atoms with Crippen molar-refractivity contribution in [2.45, 2.75) is 10.8 Å². The molecule has 1 aromatic rings. The zero-order chi connectivity index (χ0) is 13.2. The molecule has 2 unspecified atom stereocenters. The first kappa shape index (κ1) is 13.9. The molecular weight excluding hydrogens is 270 g/mol. The summed E-state index contributed by atoms with van der Waals surface area (Å²) in [5, 5.41) is 20.1. The quantitative estimate of drug-likeness (QED) is 0.508. The maximum absolute atomic E-state index is 11.1. The third-order valence-corrected chi connectivity index (χ3v) is 4.39. The van der Waals surface area contributed by atoms with Crippen LogP contribution in [-0.2, 0) is 9.84 Å². The normalized spacial score (nSPS) is 15.2. The van der Waals surface area contributed by atoms with Gasteiger partial charge in [-0.1, -0.05) is 0 Å². The van der Waals surface area contributed by atoms with E-state index in [9.17, 15) is 23.6 Å². The Morgan fingerprint density at radius 3 is 2.18 bits per heavy atom. The molecule has 1 rings (SSSR count). The van der Waals surface area contributed by atoms with E-state index < -0.39 is 25.6 Å². The lowest BCUT2D eigenvalue weighted by Crippen LogP contribution is -2.21. The van der Waals surface area contributed by atoms with Crippen molar-refractivity contribution in [2.75, 3.05) is 6.26 Å². The van der Waals surface area contributed by atoms with Crippen molar-refractivity contribution in [3.8, 4) is 0 Å². The molecule has 2 atom stereocenters. The number of nitro groups is 1. The number of aliphatic hydroxyl groups excluding tert-OH is 1. The number of sulfone groups is 1. The Morgan fingerprint density at radius 1 is 1.35 bits per heavy atom. The van der Waals surface area contributed by atoms with Gasteiger partial charge in [0.15, 0.2) is 14.5 Å². The number of aliphatic hydroxyl groups is 1. The lowest BCUT2D eigenvalue weighted by Gasteiger charge is -2.15. The van der Waals surface area contributed by atoms with Gasteiger partial charge in [0, 0.05) is 18.4 Å². The Hall–Kier alpha value is -1.18. The van der Waals surface area contributed by atoms with Gasteiger partial charge < -0.3 is 5.11 Å². The second-order valence-corrected chi connectivity index (χ2v) is 6.37. The minimum absolute atomic E-state index is 0.147. The van der Waals surface area contributed by atoms with Gasteiger partial charge in [0.1, 0.15) is 6.10 Å². The monoisotopic (exact) mass is 279 g/mol. The van der Waals surface area contributed by atoms with Crippen LogP contribution in [0.1, 0.15) is 11.7 Å². The summed E-state index contributed by atoms with van der Waals surface area (Å²) in [4.78, 5) is 9.80. The van der Waals surface area contributed by atoms with Crippen LogP contribution in [0.2, 0.25) is 0 Å². The Bertz CT molecular complexity index is 513. The second kappa shape index (κ2) is 4.99. The molecule has 0 saturated heterocycles. The highest BCUT2D eigenvalue weighted by Gasteiger charge is 2.28. The largest absolute Gasteiger partial charge is 0.386 e. The van der Waals surface area contributed by atoms with Crippen molar-refractivity contribution in [1.29, 1.82) is 0 Å². The summed E-state index contributed by atoms with van der Waals surface area (Å²) in [6.45, 7) is 0. The highest BCUT2D eigenvalue weighted by atomic mass is 35.5. The number of halogens is 1. The van der Waals surface area contributed by atoms with E-state index in [2.05, 4.69) is 0 Å². The molecule has 6 nitrogen and oxygen atoms in total. The van der Waals surface area contributed by atoms with Crippen LogP contribution < -0.4 is 0 Å². The van der Waals surface area contributed by atoms with E-state index in [4.69, 9.17) is 11.6 Å². The Morgan fingerprint density at radius 2 is 1.82 bits per heavy atom. The summed E-state index contributed by atoms with van der Waals surface area (Å²) in [7, 11) is -3.60. The van der Waals surface area contributed by atoms with Crippen LogP contribution in [0.25, 0.3) is 0 Å². The summed E-state index contributed by atoms with van der Waals surface area (Å²) >= 11 is 5.57. The van der Waals surface area contributed by atoms with Crippen molar-refractivity contribution in [3.05, 3.63) is 39.9 Å². The zero-order valence-electron chi connectivity index (χ0n) is 8.78. The van der Waals surface area contributed by atoms with E-state index in [0.29, 0.717) is 0 Å². The summed E-state index contributed by atoms with van der Waals surface area (Å²) < 4.78 is 20.8. The smallest absolute Gasteiger partial charge is 0.269 e. The fourth-order valence-corrected chi connectivity index (χ4v) is 1.95. The van der Waals surface area contributed by atoms with Gasteiger partial charge in [0.25, 0.3) is 5.69 Å². The minimum atomic E-state index is -3.60. The summed E-state index contributed by atoms with van der Waals surface area (Å²) in [5.41, 5.74) is 0.0625. The van der Waals surface area contributed by atoms with Gasteiger partial charge in [-0.3, -0.25) is 10.1 Å². The van der Waals surface area contributed by atoms with Gasteiger partial charge in [-0.05, 0) is 17.7 Å². The first-order valence-electron chi connectivity index (χ1n) is 4.49. The molecule has 0 aromatic heterocycles. The van der Waals surface area contributed by atoms with Crippen molar-refractivity contribution in [3.63, 3.8) is 0 Å². The Balaban J connectivity index is 2.98. The van der Waals surface area contributed by atoms with Crippen LogP contribution >= 0.6 is 11.6 Å². The number of nitro benzene ring substituents is 1. The summed E-state index contributed by atoms with van der Waals surface area (Å²) in [6.07, 6.45) is -0.522. The molecule has 1 N–H and O–H groups in total. The number of nitrogens with zero attached hydrogens (tertiary/aromatic N) is 1. The van der Waals surface area contributed by atoms with E-state index >= 15 is 0 Å². The number of hydrogen-bond acceptors (Lipinski definition) is 5. The van der Waals surface area contributed by atoms with Gasteiger partial charge in [0.05, 0.1) is 4.92 Å². The molecule has 0 radical (unpaired) electrons. The molecule has 0 amide bonds. The van der Waals surface area contributed by atoms with Gasteiger partial charge in [-0.15, -0.1) is 11.6 Å². The number of rotatable bonds is 4. The third kappa shape index (κ3) is 3.39. The molecule has 0 aliphatic carbocycles. The van der Waals surface area contributed by atoms with Crippen LogP contribution in [0.5, 0.6) is 0 Å². The fourth-order valence-electron chi connectivity index (χ4n) is 1.18. The molecule has 0 aliphatic heterocycles. The lowest BCUT2D eigenvalue weighted by atomic mass is 10.1. The van der Waals surface area contributed by atoms with Gasteiger partial charge >= 0.3 is 0 Å². The maximum atomic E-state index is 11.1. The van der Waals surface area contributed by atoms with Gasteiger partial charge in [0.2, 0.25) is 0 Å². The van der Waals surface area contributed by atoms with Crippen molar-refractivity contribution in [2.24, 2.45) is 0 Å². The van der Waals surface area contributed by atoms with Crippen LogP contribution in [-0.4, -0.2) is 29.4 Å². The second-order valence-electron chi connectivity index (χ2n) is 3.47. The predicted octanol–water partition coefficient (Wildman–Crippen LogP) is 1.24. The predicted molar refractivity (Wildman–Crippen MR) is 62.5 cm³/mol. The molecule has 0 fully saturated rings. The Labute approximate surface area is 103 Å². The highest BCUT2D eigenvalue weighted by molar-refractivity contribution is 7.92. The topological polar surface area (TPSA) is 97.5 Å².